The average Bonchev–Trinajstić information content (AvgIpc) is 2.34. The van der Waals surface area contributed by atoms with Crippen LogP contribution in [-0.4, -0.2) is 32.4 Å². The van der Waals surface area contributed by atoms with Crippen LogP contribution in [0.5, 0.6) is 17.2 Å². The summed E-state index contributed by atoms with van der Waals surface area (Å²) in [5, 5.41) is 9.87. The summed E-state index contributed by atoms with van der Waals surface area (Å²) in [4.78, 5) is 11.7. The van der Waals surface area contributed by atoms with Crippen molar-refractivity contribution in [3.63, 3.8) is 0 Å². The smallest absolute Gasteiger partial charge is 0.342 e. The normalized spacial score (nSPS) is 9.94. The van der Waals surface area contributed by atoms with Crippen LogP contribution in [0.25, 0.3) is 0 Å². The van der Waals surface area contributed by atoms with Crippen molar-refractivity contribution in [1.82, 2.24) is 0 Å². The Kier molecular flexibility index (Phi) is 4.22. The third kappa shape index (κ3) is 2.17. The van der Waals surface area contributed by atoms with Crippen LogP contribution in [0.3, 0.4) is 0 Å². The summed E-state index contributed by atoms with van der Waals surface area (Å²) in [6.45, 7) is 1.66. The van der Waals surface area contributed by atoms with Gasteiger partial charge in [-0.3, -0.25) is 0 Å². The number of halogens is 1. The van der Waals surface area contributed by atoms with Gasteiger partial charge in [-0.2, -0.15) is 0 Å². The van der Waals surface area contributed by atoms with Crippen LogP contribution in [0, 0.1) is 6.92 Å². The molecule has 17 heavy (non-hydrogen) atoms. The van der Waals surface area contributed by atoms with Gasteiger partial charge in [-0.1, -0.05) is 0 Å². The molecule has 5 nitrogen and oxygen atoms in total. The third-order valence-electron chi connectivity index (χ3n) is 2.36. The Balaban J connectivity index is 3.68. The molecule has 0 fully saturated rings. The van der Waals surface area contributed by atoms with Gasteiger partial charge in [0.25, 0.3) is 0 Å². The van der Waals surface area contributed by atoms with Gasteiger partial charge in [-0.05, 0) is 28.4 Å². The second-order valence-electron chi connectivity index (χ2n) is 3.22. The number of methoxy groups -OCH3 is 3. The van der Waals surface area contributed by atoms with Crippen LogP contribution in [0.2, 0.25) is 0 Å². The van der Waals surface area contributed by atoms with Gasteiger partial charge in [0.2, 0.25) is 5.75 Å². The van der Waals surface area contributed by atoms with Gasteiger partial charge in [-0.25, -0.2) is 4.79 Å². The lowest BCUT2D eigenvalue weighted by molar-refractivity contribution is 0.0595. The highest BCUT2D eigenvalue weighted by atomic mass is 79.9. The minimum absolute atomic E-state index is 0.0883. The number of aromatic hydroxyl groups is 1. The number of hydrogen-bond acceptors (Lipinski definition) is 5. The van der Waals surface area contributed by atoms with E-state index in [0.717, 1.165) is 0 Å². The maximum atomic E-state index is 11.7. The Hall–Kier alpha value is -1.43. The first-order valence-corrected chi connectivity index (χ1v) is 5.50. The lowest BCUT2D eigenvalue weighted by Crippen LogP contribution is -2.08. The number of ether oxygens (including phenoxy) is 3. The Morgan fingerprint density at radius 3 is 2.12 bits per heavy atom. The highest BCUT2D eigenvalue weighted by Crippen LogP contribution is 2.46. The summed E-state index contributed by atoms with van der Waals surface area (Å²) in [6, 6.07) is 0. The molecule has 0 amide bonds. The average molecular weight is 305 g/mol. The van der Waals surface area contributed by atoms with E-state index in [1.165, 1.54) is 21.3 Å². The van der Waals surface area contributed by atoms with Crippen LogP contribution >= 0.6 is 15.9 Å². The first-order valence-electron chi connectivity index (χ1n) is 4.70. The van der Waals surface area contributed by atoms with Crippen molar-refractivity contribution in [1.29, 1.82) is 0 Å². The van der Waals surface area contributed by atoms with Crippen molar-refractivity contribution in [3.05, 3.63) is 15.6 Å². The van der Waals surface area contributed by atoms with Gasteiger partial charge in [-0.15, -0.1) is 0 Å². The fourth-order valence-electron chi connectivity index (χ4n) is 1.51. The van der Waals surface area contributed by atoms with Crippen LogP contribution in [0.4, 0.5) is 0 Å². The van der Waals surface area contributed by atoms with E-state index < -0.39 is 5.97 Å². The number of phenolic OH excluding ortho intramolecular Hbond substituents is 1. The largest absolute Gasteiger partial charge is 0.503 e. The lowest BCUT2D eigenvalue weighted by atomic mass is 10.1. The van der Waals surface area contributed by atoms with Gasteiger partial charge in [0.1, 0.15) is 5.56 Å². The van der Waals surface area contributed by atoms with Crippen LogP contribution < -0.4 is 9.47 Å². The second-order valence-corrected chi connectivity index (χ2v) is 4.01. The van der Waals surface area contributed by atoms with E-state index in [2.05, 4.69) is 20.7 Å². The minimum Gasteiger partial charge on any atom is -0.503 e. The summed E-state index contributed by atoms with van der Waals surface area (Å²) in [5.74, 6) is -0.434. The van der Waals surface area contributed by atoms with Crippen molar-refractivity contribution < 1.29 is 24.1 Å². The molecule has 0 atom stereocenters. The number of hydrogen-bond donors (Lipinski definition) is 1. The number of esters is 1. The summed E-state index contributed by atoms with van der Waals surface area (Å²) in [6.07, 6.45) is 0. The van der Waals surface area contributed by atoms with Crippen LogP contribution in [0.15, 0.2) is 4.47 Å². The number of carbonyl (C=O) groups is 1. The summed E-state index contributed by atoms with van der Waals surface area (Å²) >= 11 is 3.19. The van der Waals surface area contributed by atoms with Gasteiger partial charge in [0.05, 0.1) is 25.8 Å². The number of carbonyl (C=O) groups excluding carboxylic acids is 1. The molecule has 6 heteroatoms. The molecule has 0 aromatic heterocycles. The zero-order valence-corrected chi connectivity index (χ0v) is 11.5. The maximum Gasteiger partial charge on any atom is 0.342 e. The second kappa shape index (κ2) is 5.27. The molecule has 1 rings (SSSR count). The predicted molar refractivity (Wildman–Crippen MR) is 65.0 cm³/mol. The molecule has 0 saturated carbocycles. The molecule has 0 radical (unpaired) electrons. The number of rotatable bonds is 3. The molecule has 0 saturated heterocycles. The molecule has 0 aliphatic rings. The Labute approximate surface area is 107 Å². The van der Waals surface area contributed by atoms with E-state index in [-0.39, 0.29) is 22.8 Å². The van der Waals surface area contributed by atoms with Crippen molar-refractivity contribution >= 4 is 21.9 Å². The molecular weight excluding hydrogens is 292 g/mol. The zero-order chi connectivity index (χ0) is 13.2. The molecule has 0 unspecified atom stereocenters. The van der Waals surface area contributed by atoms with Crippen molar-refractivity contribution in [2.24, 2.45) is 0 Å². The highest BCUT2D eigenvalue weighted by molar-refractivity contribution is 9.10. The Morgan fingerprint density at radius 2 is 1.71 bits per heavy atom. The predicted octanol–water partition coefficient (Wildman–Crippen LogP) is 2.27. The molecule has 0 bridgehead atoms. The van der Waals surface area contributed by atoms with E-state index in [1.54, 1.807) is 6.92 Å². The molecule has 0 aliphatic carbocycles. The van der Waals surface area contributed by atoms with E-state index in [0.29, 0.717) is 10.0 Å². The maximum absolute atomic E-state index is 11.7. The number of benzene rings is 1. The van der Waals surface area contributed by atoms with Crippen molar-refractivity contribution in [2.75, 3.05) is 21.3 Å². The van der Waals surface area contributed by atoms with E-state index >= 15 is 0 Å². The quantitative estimate of drug-likeness (QED) is 0.868. The first kappa shape index (κ1) is 13.6. The topological polar surface area (TPSA) is 65.0 Å². The summed E-state index contributed by atoms with van der Waals surface area (Å²) in [5.41, 5.74) is 0.739. The minimum atomic E-state index is -0.557. The third-order valence-corrected chi connectivity index (χ3v) is 3.33. The number of phenols is 1. The molecular formula is C11H13BrO5. The monoisotopic (exact) mass is 304 g/mol. The lowest BCUT2D eigenvalue weighted by Gasteiger charge is -2.16. The SMILES string of the molecule is COC(=O)c1c(C)c(Br)c(O)c(OC)c1OC. The molecule has 94 valence electrons. The van der Waals surface area contributed by atoms with Crippen molar-refractivity contribution in [2.45, 2.75) is 6.92 Å². The summed E-state index contributed by atoms with van der Waals surface area (Å²) < 4.78 is 15.2. The van der Waals surface area contributed by atoms with Gasteiger partial charge in [0, 0.05) is 0 Å². The van der Waals surface area contributed by atoms with E-state index in [1.807, 2.05) is 0 Å². The Morgan fingerprint density at radius 1 is 1.18 bits per heavy atom. The van der Waals surface area contributed by atoms with Gasteiger partial charge < -0.3 is 19.3 Å². The van der Waals surface area contributed by atoms with Crippen LogP contribution in [-0.2, 0) is 4.74 Å². The highest BCUT2D eigenvalue weighted by Gasteiger charge is 2.26. The van der Waals surface area contributed by atoms with Crippen molar-refractivity contribution in [3.8, 4) is 17.2 Å². The molecule has 0 spiro atoms. The van der Waals surface area contributed by atoms with Gasteiger partial charge in [0.15, 0.2) is 11.5 Å². The molecule has 0 heterocycles. The molecule has 1 aromatic rings. The fraction of sp³-hybridized carbons (Fsp3) is 0.364. The van der Waals surface area contributed by atoms with E-state index in [4.69, 9.17) is 9.47 Å². The molecule has 0 aliphatic heterocycles. The van der Waals surface area contributed by atoms with E-state index in [9.17, 15) is 9.90 Å². The first-order chi connectivity index (χ1) is 7.99. The zero-order valence-electron chi connectivity index (χ0n) is 9.96. The fourth-order valence-corrected chi connectivity index (χ4v) is 1.89. The Bertz CT molecular complexity index is 456. The van der Waals surface area contributed by atoms with Gasteiger partial charge >= 0.3 is 5.97 Å². The molecule has 1 aromatic carbocycles. The standard InChI is InChI=1S/C11H13BrO5/c1-5-6(11(14)17-4)9(15-2)10(16-3)8(13)7(5)12/h13H,1-4H3. The molecule has 1 N–H and O–H groups in total. The summed E-state index contributed by atoms with van der Waals surface area (Å²) in [7, 11) is 4.03. The van der Waals surface area contributed by atoms with Crippen LogP contribution in [0.1, 0.15) is 15.9 Å².